The van der Waals surface area contributed by atoms with Crippen LogP contribution in [-0.2, 0) is 21.4 Å². The molecule has 2 fully saturated rings. The molecule has 1 aromatic carbocycles. The fourth-order valence-electron chi connectivity index (χ4n) is 4.05. The molecular weight excluding hydrogens is 406 g/mol. The zero-order chi connectivity index (χ0) is 20.3. The highest BCUT2D eigenvalue weighted by Crippen LogP contribution is 2.26. The van der Waals surface area contributed by atoms with Gasteiger partial charge in [0.25, 0.3) is 10.0 Å². The van der Waals surface area contributed by atoms with E-state index < -0.39 is 10.0 Å². The van der Waals surface area contributed by atoms with E-state index in [-0.39, 0.29) is 18.4 Å². The van der Waals surface area contributed by atoms with E-state index in [0.29, 0.717) is 23.7 Å². The van der Waals surface area contributed by atoms with Crippen LogP contribution in [0.4, 0.5) is 5.69 Å². The van der Waals surface area contributed by atoms with Gasteiger partial charge in [-0.1, -0.05) is 18.2 Å². The van der Waals surface area contributed by atoms with Crippen LogP contribution in [0, 0.1) is 5.92 Å². The van der Waals surface area contributed by atoms with Crippen LogP contribution in [0.5, 0.6) is 0 Å². The summed E-state index contributed by atoms with van der Waals surface area (Å²) in [6.07, 6.45) is 3.92. The molecule has 2 aliphatic rings. The van der Waals surface area contributed by atoms with Gasteiger partial charge in [0.1, 0.15) is 4.21 Å². The molecule has 1 aromatic heterocycles. The molecular formula is C21H27N3O3S2. The molecule has 1 amide bonds. The van der Waals surface area contributed by atoms with Crippen molar-refractivity contribution in [2.24, 2.45) is 5.92 Å². The van der Waals surface area contributed by atoms with Crippen molar-refractivity contribution in [1.82, 2.24) is 9.62 Å². The number of benzene rings is 1. The van der Waals surface area contributed by atoms with Crippen LogP contribution in [0.15, 0.2) is 46.0 Å². The van der Waals surface area contributed by atoms with Crippen LogP contribution >= 0.6 is 11.3 Å². The molecule has 2 aromatic rings. The van der Waals surface area contributed by atoms with E-state index in [1.807, 2.05) is 0 Å². The van der Waals surface area contributed by atoms with Crippen LogP contribution in [0.1, 0.15) is 31.2 Å². The lowest BCUT2D eigenvalue weighted by Crippen LogP contribution is -2.45. The van der Waals surface area contributed by atoms with E-state index in [1.165, 1.54) is 34.2 Å². The number of rotatable bonds is 6. The molecule has 3 heterocycles. The molecule has 0 saturated carbocycles. The first-order valence-corrected chi connectivity index (χ1v) is 12.5. The highest BCUT2D eigenvalue weighted by molar-refractivity contribution is 7.91. The smallest absolute Gasteiger partial charge is 0.252 e. The molecule has 29 heavy (non-hydrogen) atoms. The van der Waals surface area contributed by atoms with Gasteiger partial charge < -0.3 is 10.2 Å². The number of carbonyl (C=O) groups is 1. The van der Waals surface area contributed by atoms with Gasteiger partial charge in [0.15, 0.2) is 0 Å². The molecule has 6 nitrogen and oxygen atoms in total. The van der Waals surface area contributed by atoms with E-state index in [2.05, 4.69) is 34.5 Å². The van der Waals surface area contributed by atoms with Gasteiger partial charge in [0.2, 0.25) is 5.91 Å². The first-order valence-electron chi connectivity index (χ1n) is 10.2. The number of nitrogens with zero attached hydrogens (tertiary/aromatic N) is 2. The maximum Gasteiger partial charge on any atom is 0.252 e. The van der Waals surface area contributed by atoms with E-state index >= 15 is 0 Å². The summed E-state index contributed by atoms with van der Waals surface area (Å²) in [7, 11) is -3.50. The van der Waals surface area contributed by atoms with Gasteiger partial charge in [0, 0.05) is 38.4 Å². The molecule has 1 N–H and O–H groups in total. The molecule has 1 atom stereocenters. The topological polar surface area (TPSA) is 69.7 Å². The second-order valence-electron chi connectivity index (χ2n) is 7.71. The molecule has 0 spiro atoms. The second-order valence-corrected chi connectivity index (χ2v) is 10.8. The van der Waals surface area contributed by atoms with Crippen LogP contribution in [0.2, 0.25) is 0 Å². The largest absolute Gasteiger partial charge is 0.372 e. The molecule has 0 radical (unpaired) electrons. The number of piperidine rings is 1. The maximum atomic E-state index is 12.7. The number of anilines is 1. The third kappa shape index (κ3) is 4.65. The molecule has 0 unspecified atom stereocenters. The van der Waals surface area contributed by atoms with Crippen molar-refractivity contribution in [3.8, 4) is 0 Å². The highest BCUT2D eigenvalue weighted by atomic mass is 32.2. The Balaban J connectivity index is 1.32. The van der Waals surface area contributed by atoms with Crippen LogP contribution in [0.25, 0.3) is 0 Å². The summed E-state index contributed by atoms with van der Waals surface area (Å²) in [6.45, 7) is 3.42. The Morgan fingerprint density at radius 1 is 1.07 bits per heavy atom. The maximum absolute atomic E-state index is 12.7. The van der Waals surface area contributed by atoms with Gasteiger partial charge in [-0.2, -0.15) is 4.31 Å². The van der Waals surface area contributed by atoms with Crippen molar-refractivity contribution >= 4 is 33.0 Å². The third-order valence-corrected chi connectivity index (χ3v) is 8.96. The Labute approximate surface area is 176 Å². The first kappa shape index (κ1) is 20.4. The zero-order valence-corrected chi connectivity index (χ0v) is 18.1. The number of thiophene rings is 1. The monoisotopic (exact) mass is 433 g/mol. The standard InChI is InChI=1S/C21H27N3O3S2/c25-21(22-15-17-7-9-19(10-8-17)23-11-1-2-12-23)18-5-3-13-24(16-18)29(26,27)20-6-4-14-28-20/h4,6-10,14,18H,1-3,5,11-13,15-16H2,(H,22,25)/t18-/m0/s1. The third-order valence-electron chi connectivity index (χ3n) is 5.72. The summed E-state index contributed by atoms with van der Waals surface area (Å²) in [5, 5.41) is 4.75. The van der Waals surface area contributed by atoms with Crippen molar-refractivity contribution in [3.05, 3.63) is 47.3 Å². The molecule has 2 aliphatic heterocycles. The predicted octanol–water partition coefficient (Wildman–Crippen LogP) is 3.07. The predicted molar refractivity (Wildman–Crippen MR) is 116 cm³/mol. The van der Waals surface area contributed by atoms with Crippen LogP contribution in [0.3, 0.4) is 0 Å². The van der Waals surface area contributed by atoms with Gasteiger partial charge in [-0.3, -0.25) is 4.79 Å². The molecule has 0 aliphatic carbocycles. The number of nitrogens with one attached hydrogen (secondary N) is 1. The second kappa shape index (κ2) is 8.85. The summed E-state index contributed by atoms with van der Waals surface area (Å²) < 4.78 is 27.3. The average molecular weight is 434 g/mol. The van der Waals surface area contributed by atoms with Gasteiger partial charge in [-0.05, 0) is 54.8 Å². The lowest BCUT2D eigenvalue weighted by Gasteiger charge is -2.30. The number of hydrogen-bond donors (Lipinski definition) is 1. The Morgan fingerprint density at radius 3 is 2.52 bits per heavy atom. The number of hydrogen-bond acceptors (Lipinski definition) is 5. The van der Waals surface area contributed by atoms with Crippen molar-refractivity contribution in [2.75, 3.05) is 31.1 Å². The van der Waals surface area contributed by atoms with Crippen LogP contribution < -0.4 is 10.2 Å². The molecule has 0 bridgehead atoms. The lowest BCUT2D eigenvalue weighted by molar-refractivity contribution is -0.126. The first-order chi connectivity index (χ1) is 14.0. The SMILES string of the molecule is O=C(NCc1ccc(N2CCCC2)cc1)[C@H]1CCCN(S(=O)(=O)c2cccs2)C1. The average Bonchev–Trinajstić information content (AvgIpc) is 3.47. The summed E-state index contributed by atoms with van der Waals surface area (Å²) in [6, 6.07) is 11.7. The van der Waals surface area contributed by atoms with E-state index in [1.54, 1.807) is 17.5 Å². The number of carbonyl (C=O) groups excluding carboxylic acids is 1. The minimum Gasteiger partial charge on any atom is -0.372 e. The summed E-state index contributed by atoms with van der Waals surface area (Å²) >= 11 is 1.22. The molecule has 8 heteroatoms. The van der Waals surface area contributed by atoms with Crippen molar-refractivity contribution in [3.63, 3.8) is 0 Å². The van der Waals surface area contributed by atoms with Crippen molar-refractivity contribution < 1.29 is 13.2 Å². The fraction of sp³-hybridized carbons (Fsp3) is 0.476. The van der Waals surface area contributed by atoms with Gasteiger partial charge in [0.05, 0.1) is 5.92 Å². The minimum absolute atomic E-state index is 0.0697. The normalized spacial score (nSPS) is 20.7. The quantitative estimate of drug-likeness (QED) is 0.760. The fourth-order valence-corrected chi connectivity index (χ4v) is 6.71. The van der Waals surface area contributed by atoms with Crippen LogP contribution in [-0.4, -0.2) is 44.8 Å². The van der Waals surface area contributed by atoms with Crippen molar-refractivity contribution in [1.29, 1.82) is 0 Å². The number of amides is 1. The minimum atomic E-state index is -3.50. The van der Waals surface area contributed by atoms with E-state index in [4.69, 9.17) is 0 Å². The number of sulfonamides is 1. The summed E-state index contributed by atoms with van der Waals surface area (Å²) in [5.74, 6) is -0.373. The molecule has 4 rings (SSSR count). The molecule has 2 saturated heterocycles. The Morgan fingerprint density at radius 2 is 1.83 bits per heavy atom. The summed E-state index contributed by atoms with van der Waals surface area (Å²) in [4.78, 5) is 15.1. The summed E-state index contributed by atoms with van der Waals surface area (Å²) in [5.41, 5.74) is 2.29. The van der Waals surface area contributed by atoms with E-state index in [0.717, 1.165) is 25.1 Å². The van der Waals surface area contributed by atoms with Crippen molar-refractivity contribution in [2.45, 2.75) is 36.4 Å². The van der Waals surface area contributed by atoms with Gasteiger partial charge >= 0.3 is 0 Å². The van der Waals surface area contributed by atoms with E-state index in [9.17, 15) is 13.2 Å². The zero-order valence-electron chi connectivity index (χ0n) is 16.4. The molecule has 156 valence electrons. The van der Waals surface area contributed by atoms with Gasteiger partial charge in [-0.15, -0.1) is 11.3 Å². The van der Waals surface area contributed by atoms with Gasteiger partial charge in [-0.25, -0.2) is 8.42 Å². The lowest BCUT2D eigenvalue weighted by atomic mass is 9.99. The Hall–Kier alpha value is -1.90. The Bertz CT molecular complexity index is 921. The highest BCUT2D eigenvalue weighted by Gasteiger charge is 2.33. The Kier molecular flexibility index (Phi) is 6.22.